The number of hydrogen-bond acceptors (Lipinski definition) is 4. The molecule has 0 N–H and O–H groups in total. The average molecular weight is 300 g/mol. The van der Waals surface area contributed by atoms with Gasteiger partial charge in [0.1, 0.15) is 6.10 Å². The molecule has 0 aromatic rings. The van der Waals surface area contributed by atoms with Crippen molar-refractivity contribution in [3.05, 3.63) is 11.6 Å². The summed E-state index contributed by atoms with van der Waals surface area (Å²) in [6.07, 6.45) is 4.24. The first kappa shape index (κ1) is 17.2. The largest absolute Gasteiger partial charge is 0.508 e. The van der Waals surface area contributed by atoms with Gasteiger partial charge in [-0.2, -0.15) is 0 Å². The van der Waals surface area contributed by atoms with E-state index in [0.29, 0.717) is 6.61 Å². The molecule has 0 saturated heterocycles. The molecule has 0 spiro atoms. The second-order valence-electron chi connectivity index (χ2n) is 6.82. The molecule has 0 fully saturated rings. The maximum Gasteiger partial charge on any atom is 0.508 e. The fourth-order valence-electron chi connectivity index (χ4n) is 1.84. The SMILES string of the molecule is COC(=O)OC1CCCC=C1CO[Si](C)(C)C(C)(C)C. The minimum absolute atomic E-state index is 0.181. The van der Waals surface area contributed by atoms with Crippen molar-refractivity contribution in [2.45, 2.75) is 64.3 Å². The van der Waals surface area contributed by atoms with Crippen LogP contribution in [-0.4, -0.2) is 34.3 Å². The third kappa shape index (κ3) is 4.63. The Bertz CT molecular complexity index is 369. The summed E-state index contributed by atoms with van der Waals surface area (Å²) in [6, 6.07) is 0. The van der Waals surface area contributed by atoms with Crippen molar-refractivity contribution < 1.29 is 18.7 Å². The van der Waals surface area contributed by atoms with Crippen molar-refractivity contribution in [2.75, 3.05) is 13.7 Å². The summed E-state index contributed by atoms with van der Waals surface area (Å²) in [7, 11) is -0.445. The first-order valence-corrected chi connectivity index (χ1v) is 10.2. The third-order valence-electron chi connectivity index (χ3n) is 4.30. The Morgan fingerprint density at radius 1 is 1.40 bits per heavy atom. The molecule has 116 valence electrons. The van der Waals surface area contributed by atoms with Crippen LogP contribution in [0.3, 0.4) is 0 Å². The van der Waals surface area contributed by atoms with Gasteiger partial charge in [0.05, 0.1) is 13.7 Å². The first-order chi connectivity index (χ1) is 9.17. The highest BCUT2D eigenvalue weighted by atomic mass is 28.4. The number of allylic oxidation sites excluding steroid dienone is 1. The molecule has 0 aliphatic heterocycles. The van der Waals surface area contributed by atoms with Crippen molar-refractivity contribution >= 4 is 14.5 Å². The summed E-state index contributed by atoms with van der Waals surface area (Å²) in [5, 5.41) is 0.181. The van der Waals surface area contributed by atoms with E-state index in [1.165, 1.54) is 7.11 Å². The van der Waals surface area contributed by atoms with Gasteiger partial charge in [-0.25, -0.2) is 4.79 Å². The molecule has 0 radical (unpaired) electrons. The van der Waals surface area contributed by atoms with Gasteiger partial charge in [0.25, 0.3) is 0 Å². The van der Waals surface area contributed by atoms with Crippen LogP contribution in [0.5, 0.6) is 0 Å². The number of rotatable bonds is 4. The molecule has 1 atom stereocenters. The van der Waals surface area contributed by atoms with Crippen LogP contribution in [0.25, 0.3) is 0 Å². The molecule has 0 aromatic carbocycles. The van der Waals surface area contributed by atoms with Crippen LogP contribution in [0.2, 0.25) is 18.1 Å². The van der Waals surface area contributed by atoms with Crippen LogP contribution >= 0.6 is 0 Å². The molecular weight excluding hydrogens is 272 g/mol. The number of carbonyl (C=O) groups is 1. The maximum atomic E-state index is 11.3. The van der Waals surface area contributed by atoms with E-state index in [1.54, 1.807) is 0 Å². The van der Waals surface area contributed by atoms with E-state index in [4.69, 9.17) is 9.16 Å². The first-order valence-electron chi connectivity index (χ1n) is 7.25. The van der Waals surface area contributed by atoms with E-state index < -0.39 is 14.5 Å². The van der Waals surface area contributed by atoms with Gasteiger partial charge in [-0.1, -0.05) is 26.8 Å². The number of ether oxygens (including phenoxy) is 2. The number of carbonyl (C=O) groups excluding carboxylic acids is 1. The molecule has 0 saturated carbocycles. The monoisotopic (exact) mass is 300 g/mol. The van der Waals surface area contributed by atoms with Crippen LogP contribution < -0.4 is 0 Å². The lowest BCUT2D eigenvalue weighted by Gasteiger charge is -2.37. The van der Waals surface area contributed by atoms with E-state index in [-0.39, 0.29) is 11.1 Å². The van der Waals surface area contributed by atoms with Gasteiger partial charge in [0.2, 0.25) is 0 Å². The van der Waals surface area contributed by atoms with Crippen LogP contribution in [0.15, 0.2) is 11.6 Å². The molecule has 1 aliphatic carbocycles. The molecule has 5 heteroatoms. The molecule has 0 heterocycles. The number of hydrogen-bond donors (Lipinski definition) is 0. The van der Waals surface area contributed by atoms with Crippen molar-refractivity contribution in [1.29, 1.82) is 0 Å². The predicted octanol–water partition coefficient (Wildman–Crippen LogP) is 4.27. The topological polar surface area (TPSA) is 44.8 Å². The van der Waals surface area contributed by atoms with Gasteiger partial charge in [-0.3, -0.25) is 0 Å². The van der Waals surface area contributed by atoms with Crippen molar-refractivity contribution in [3.8, 4) is 0 Å². The highest BCUT2D eigenvalue weighted by molar-refractivity contribution is 6.74. The van der Waals surface area contributed by atoms with E-state index in [0.717, 1.165) is 24.8 Å². The smallest absolute Gasteiger partial charge is 0.438 e. The van der Waals surface area contributed by atoms with Gasteiger partial charge < -0.3 is 13.9 Å². The van der Waals surface area contributed by atoms with Crippen LogP contribution in [-0.2, 0) is 13.9 Å². The Morgan fingerprint density at radius 3 is 2.60 bits per heavy atom. The molecule has 0 amide bonds. The van der Waals surface area contributed by atoms with Gasteiger partial charge in [-0.15, -0.1) is 0 Å². The zero-order valence-corrected chi connectivity index (χ0v) is 14.6. The standard InChI is InChI=1S/C15H28O4Si/c1-15(2,3)20(5,6)18-11-12-9-7-8-10-13(12)19-14(16)17-4/h9,13H,7-8,10-11H2,1-6H3. The minimum atomic E-state index is -1.78. The van der Waals surface area contributed by atoms with Crippen molar-refractivity contribution in [2.24, 2.45) is 0 Å². The van der Waals surface area contributed by atoms with Gasteiger partial charge in [0, 0.05) is 0 Å². The molecule has 0 aromatic heterocycles. The molecule has 1 unspecified atom stereocenters. The Labute approximate surface area is 123 Å². The predicted molar refractivity (Wildman–Crippen MR) is 82.4 cm³/mol. The van der Waals surface area contributed by atoms with E-state index in [9.17, 15) is 4.79 Å². The fourth-order valence-corrected chi connectivity index (χ4v) is 2.80. The van der Waals surface area contributed by atoms with Gasteiger partial charge in [0.15, 0.2) is 8.32 Å². The van der Waals surface area contributed by atoms with Crippen molar-refractivity contribution in [3.63, 3.8) is 0 Å². The Balaban J connectivity index is 2.64. The fraction of sp³-hybridized carbons (Fsp3) is 0.800. The summed E-state index contributed by atoms with van der Waals surface area (Å²) < 4.78 is 16.1. The molecule has 1 rings (SSSR count). The lowest BCUT2D eigenvalue weighted by atomic mass is 9.97. The van der Waals surface area contributed by atoms with Crippen molar-refractivity contribution in [1.82, 2.24) is 0 Å². The maximum absolute atomic E-state index is 11.3. The van der Waals surface area contributed by atoms with E-state index >= 15 is 0 Å². The lowest BCUT2D eigenvalue weighted by molar-refractivity contribution is 0.0408. The highest BCUT2D eigenvalue weighted by Gasteiger charge is 2.37. The zero-order chi connectivity index (χ0) is 15.4. The quantitative estimate of drug-likeness (QED) is 0.442. The van der Waals surface area contributed by atoms with E-state index in [2.05, 4.69) is 44.7 Å². The summed E-state index contributed by atoms with van der Waals surface area (Å²) in [6.45, 7) is 11.7. The molecule has 1 aliphatic rings. The second-order valence-corrected chi connectivity index (χ2v) is 11.6. The summed E-state index contributed by atoms with van der Waals surface area (Å²) >= 11 is 0. The number of methoxy groups -OCH3 is 1. The Kier molecular flexibility index (Phi) is 5.83. The molecular formula is C15H28O4Si. The minimum Gasteiger partial charge on any atom is -0.438 e. The zero-order valence-electron chi connectivity index (χ0n) is 13.6. The van der Waals surface area contributed by atoms with Crippen LogP contribution in [0, 0.1) is 0 Å². The normalized spacial score (nSPS) is 20.3. The Hall–Kier alpha value is -0.813. The lowest BCUT2D eigenvalue weighted by Crippen LogP contribution is -2.42. The van der Waals surface area contributed by atoms with Gasteiger partial charge >= 0.3 is 6.16 Å². The van der Waals surface area contributed by atoms with Gasteiger partial charge in [-0.05, 0) is 43.0 Å². The molecule has 20 heavy (non-hydrogen) atoms. The molecule has 0 bridgehead atoms. The third-order valence-corrected chi connectivity index (χ3v) is 8.78. The summed E-state index contributed by atoms with van der Waals surface area (Å²) in [5.41, 5.74) is 1.08. The van der Waals surface area contributed by atoms with E-state index in [1.807, 2.05) is 0 Å². The van der Waals surface area contributed by atoms with Crippen LogP contribution in [0.1, 0.15) is 40.0 Å². The highest BCUT2D eigenvalue weighted by Crippen LogP contribution is 2.37. The average Bonchev–Trinajstić information content (AvgIpc) is 2.36. The Morgan fingerprint density at radius 2 is 2.05 bits per heavy atom. The summed E-state index contributed by atoms with van der Waals surface area (Å²) in [5.74, 6) is 0. The van der Waals surface area contributed by atoms with Crippen LogP contribution in [0.4, 0.5) is 4.79 Å². The summed E-state index contributed by atoms with van der Waals surface area (Å²) in [4.78, 5) is 11.3. The molecule has 4 nitrogen and oxygen atoms in total. The second kappa shape index (κ2) is 6.76.